The van der Waals surface area contributed by atoms with Gasteiger partial charge < -0.3 is 20.1 Å². The van der Waals surface area contributed by atoms with E-state index in [1.165, 1.54) is 0 Å². The molecule has 2 N–H and O–H groups in total. The lowest BCUT2D eigenvalue weighted by atomic mass is 9.64. The number of carbonyl (C=O) groups is 3. The van der Waals surface area contributed by atoms with Gasteiger partial charge in [0.15, 0.2) is 29.7 Å². The maximum Gasteiger partial charge on any atom is 0.262 e. The molecule has 0 unspecified atom stereocenters. The minimum atomic E-state index is -0.469. The van der Waals surface area contributed by atoms with Gasteiger partial charge in [0, 0.05) is 47.0 Å². The van der Waals surface area contributed by atoms with Crippen LogP contribution in [0.15, 0.2) is 58.9 Å². The number of allylic oxidation sites excluding steroid dienone is 4. The fourth-order valence-corrected chi connectivity index (χ4v) is 6.42. The highest BCUT2D eigenvalue weighted by atomic mass is 16.5. The molecule has 7 nitrogen and oxygen atoms in total. The van der Waals surface area contributed by atoms with Gasteiger partial charge in [-0.3, -0.25) is 14.4 Å². The van der Waals surface area contributed by atoms with Crippen molar-refractivity contribution in [1.82, 2.24) is 5.32 Å². The van der Waals surface area contributed by atoms with Crippen LogP contribution >= 0.6 is 0 Å². The van der Waals surface area contributed by atoms with Gasteiger partial charge in [0.1, 0.15) is 0 Å². The molecule has 0 bridgehead atoms. The van der Waals surface area contributed by atoms with Gasteiger partial charge in [0.2, 0.25) is 0 Å². The Balaban J connectivity index is 1.46. The van der Waals surface area contributed by atoms with Crippen molar-refractivity contribution in [3.63, 3.8) is 0 Å². The molecule has 0 aromatic heterocycles. The number of nitrogens with one attached hydrogen (secondary N) is 2. The van der Waals surface area contributed by atoms with E-state index in [9.17, 15) is 14.4 Å². The lowest BCUT2D eigenvalue weighted by Gasteiger charge is -2.44. The average molecular weight is 557 g/mol. The molecule has 1 heterocycles. The molecule has 0 spiro atoms. The number of ketones is 2. The first-order valence-electron chi connectivity index (χ1n) is 14.2. The number of rotatable bonds is 6. The molecule has 0 saturated heterocycles. The van der Waals surface area contributed by atoms with Crippen LogP contribution < -0.4 is 20.1 Å². The van der Waals surface area contributed by atoms with Crippen molar-refractivity contribution >= 4 is 23.2 Å². The number of methoxy groups -OCH3 is 1. The van der Waals surface area contributed by atoms with E-state index in [4.69, 9.17) is 9.47 Å². The van der Waals surface area contributed by atoms with Crippen molar-refractivity contribution in [3.8, 4) is 11.5 Å². The number of amides is 1. The number of hydrogen-bond acceptors (Lipinski definition) is 6. The number of dihydropyridines is 1. The fourth-order valence-electron chi connectivity index (χ4n) is 6.42. The van der Waals surface area contributed by atoms with Crippen molar-refractivity contribution < 1.29 is 23.9 Å². The van der Waals surface area contributed by atoms with Crippen molar-refractivity contribution in [1.29, 1.82) is 0 Å². The number of benzene rings is 2. The standard InChI is InChI=1S/C34H40N2O5/c1-19-9-8-10-22(20(19)2)36-29(39)18-41-27-12-11-21(13-28(27)40-7)30-31-23(14-33(3,4)16-25(31)37)35-24-15-34(5,6)17-26(38)32(24)30/h8-13,30,35H,14-18H2,1-7H3,(H,36,39). The molecule has 0 radical (unpaired) electrons. The molecule has 0 fully saturated rings. The van der Waals surface area contributed by atoms with Crippen LogP contribution in [0.3, 0.4) is 0 Å². The Labute approximate surface area is 242 Å². The maximum atomic E-state index is 13.6. The van der Waals surface area contributed by atoms with E-state index in [0.29, 0.717) is 35.5 Å². The molecule has 216 valence electrons. The van der Waals surface area contributed by atoms with E-state index < -0.39 is 5.92 Å². The van der Waals surface area contributed by atoms with Gasteiger partial charge in [-0.25, -0.2) is 0 Å². The summed E-state index contributed by atoms with van der Waals surface area (Å²) in [6.45, 7) is 12.2. The monoisotopic (exact) mass is 556 g/mol. The Bertz CT molecular complexity index is 1460. The first-order valence-corrected chi connectivity index (χ1v) is 14.2. The molecule has 2 aliphatic carbocycles. The van der Waals surface area contributed by atoms with Crippen LogP contribution in [-0.2, 0) is 14.4 Å². The smallest absolute Gasteiger partial charge is 0.262 e. The van der Waals surface area contributed by atoms with Crippen LogP contribution in [0.25, 0.3) is 0 Å². The lowest BCUT2D eigenvalue weighted by molar-refractivity contribution is -0.119. The molecule has 41 heavy (non-hydrogen) atoms. The van der Waals surface area contributed by atoms with E-state index >= 15 is 0 Å². The van der Waals surface area contributed by atoms with E-state index in [0.717, 1.165) is 46.6 Å². The molecule has 0 atom stereocenters. The number of aryl methyl sites for hydroxylation is 1. The number of hydrogen-bond donors (Lipinski definition) is 2. The molecule has 2 aromatic carbocycles. The number of carbonyl (C=O) groups excluding carboxylic acids is 3. The zero-order chi connectivity index (χ0) is 29.7. The zero-order valence-electron chi connectivity index (χ0n) is 25.1. The summed E-state index contributed by atoms with van der Waals surface area (Å²) in [6.07, 6.45) is 2.34. The quantitative estimate of drug-likeness (QED) is 0.434. The van der Waals surface area contributed by atoms with Crippen molar-refractivity contribution in [3.05, 3.63) is 75.6 Å². The topological polar surface area (TPSA) is 93.7 Å². The number of Topliss-reactive ketones (excluding diaryl/α,β-unsaturated/α-hetero) is 2. The second-order valence-corrected chi connectivity index (χ2v) is 13.2. The predicted molar refractivity (Wildman–Crippen MR) is 159 cm³/mol. The maximum absolute atomic E-state index is 13.6. The molecule has 1 aliphatic heterocycles. The summed E-state index contributed by atoms with van der Waals surface area (Å²) in [5.41, 5.74) is 6.53. The second-order valence-electron chi connectivity index (χ2n) is 13.2. The SMILES string of the molecule is COc1cc(C2C3=C(CC(C)(C)CC3=O)NC3=C2C(=O)CC(C)(C)C3)ccc1OCC(=O)Nc1cccc(C)c1C. The first kappa shape index (κ1) is 28.7. The molecule has 1 amide bonds. The Morgan fingerprint density at radius 2 is 1.51 bits per heavy atom. The van der Waals surface area contributed by atoms with Gasteiger partial charge in [0.25, 0.3) is 5.91 Å². The fraction of sp³-hybridized carbons (Fsp3) is 0.441. The van der Waals surface area contributed by atoms with Crippen LogP contribution in [0.5, 0.6) is 11.5 Å². The Hall–Kier alpha value is -3.87. The number of ether oxygens (including phenoxy) is 2. The Kier molecular flexibility index (Phi) is 7.35. The highest BCUT2D eigenvalue weighted by molar-refractivity contribution is 6.06. The Morgan fingerprint density at radius 1 is 0.902 bits per heavy atom. The highest BCUT2D eigenvalue weighted by Gasteiger charge is 2.46. The Morgan fingerprint density at radius 3 is 2.10 bits per heavy atom. The minimum absolute atomic E-state index is 0.0698. The minimum Gasteiger partial charge on any atom is -0.493 e. The lowest BCUT2D eigenvalue weighted by Crippen LogP contribution is -2.42. The van der Waals surface area contributed by atoms with Gasteiger partial charge in [-0.1, -0.05) is 45.9 Å². The molecule has 0 saturated carbocycles. The summed E-state index contributed by atoms with van der Waals surface area (Å²) in [7, 11) is 1.54. The highest BCUT2D eigenvalue weighted by Crippen LogP contribution is 2.51. The molecular weight excluding hydrogens is 516 g/mol. The van der Waals surface area contributed by atoms with E-state index in [1.807, 2.05) is 44.2 Å². The normalized spacial score (nSPS) is 19.8. The summed E-state index contributed by atoms with van der Waals surface area (Å²) in [5.74, 6) is 0.247. The van der Waals surface area contributed by atoms with Crippen molar-refractivity contribution in [2.45, 2.75) is 73.1 Å². The largest absolute Gasteiger partial charge is 0.493 e. The summed E-state index contributed by atoms with van der Waals surface area (Å²) in [4.78, 5) is 39.9. The van der Waals surface area contributed by atoms with E-state index in [1.54, 1.807) is 13.2 Å². The molecule has 3 aliphatic rings. The molecule has 5 rings (SSSR count). The van der Waals surface area contributed by atoms with Crippen molar-refractivity contribution in [2.75, 3.05) is 19.0 Å². The first-order chi connectivity index (χ1) is 19.3. The van der Waals surface area contributed by atoms with Gasteiger partial charge in [-0.2, -0.15) is 0 Å². The van der Waals surface area contributed by atoms with Gasteiger partial charge in [-0.15, -0.1) is 0 Å². The summed E-state index contributed by atoms with van der Waals surface area (Å²) < 4.78 is 11.6. The molecule has 7 heteroatoms. The van der Waals surface area contributed by atoms with E-state index in [-0.39, 0.29) is 34.9 Å². The van der Waals surface area contributed by atoms with Crippen LogP contribution in [0.4, 0.5) is 5.69 Å². The van der Waals surface area contributed by atoms with Crippen molar-refractivity contribution in [2.24, 2.45) is 10.8 Å². The third-order valence-electron chi connectivity index (χ3n) is 8.48. The van der Waals surface area contributed by atoms with Crippen LogP contribution in [0, 0.1) is 24.7 Å². The van der Waals surface area contributed by atoms with Crippen LogP contribution in [-0.4, -0.2) is 31.2 Å². The summed E-state index contributed by atoms with van der Waals surface area (Å²) >= 11 is 0. The predicted octanol–water partition coefficient (Wildman–Crippen LogP) is 6.30. The summed E-state index contributed by atoms with van der Waals surface area (Å²) in [5, 5.41) is 6.45. The zero-order valence-corrected chi connectivity index (χ0v) is 25.1. The second kappa shape index (κ2) is 10.5. The molecule has 2 aromatic rings. The summed E-state index contributed by atoms with van der Waals surface area (Å²) in [6, 6.07) is 11.2. The third kappa shape index (κ3) is 5.67. The third-order valence-corrected chi connectivity index (χ3v) is 8.48. The van der Waals surface area contributed by atoms with Crippen LogP contribution in [0.2, 0.25) is 0 Å². The average Bonchev–Trinajstić information content (AvgIpc) is 2.87. The van der Waals surface area contributed by atoms with E-state index in [2.05, 4.69) is 38.3 Å². The van der Waals surface area contributed by atoms with Gasteiger partial charge >= 0.3 is 0 Å². The number of anilines is 1. The molecular formula is C34H40N2O5. The van der Waals surface area contributed by atoms with Crippen LogP contribution in [0.1, 0.15) is 76.0 Å². The van der Waals surface area contributed by atoms with Gasteiger partial charge in [0.05, 0.1) is 7.11 Å². The van der Waals surface area contributed by atoms with Gasteiger partial charge in [-0.05, 0) is 72.4 Å².